The van der Waals surface area contributed by atoms with Gasteiger partial charge in [-0.1, -0.05) is 6.07 Å². The molecule has 3 rings (SSSR count). The quantitative estimate of drug-likeness (QED) is 0.797. The number of hydrogen-bond donors (Lipinski definition) is 1. The van der Waals surface area contributed by atoms with Gasteiger partial charge in [-0.05, 0) is 42.0 Å². The molecule has 2 aromatic heterocycles. The van der Waals surface area contributed by atoms with Gasteiger partial charge < -0.3 is 5.32 Å². The molecule has 0 saturated carbocycles. The van der Waals surface area contributed by atoms with Crippen LogP contribution in [0.2, 0.25) is 0 Å². The molecule has 0 fully saturated rings. The van der Waals surface area contributed by atoms with E-state index in [0.29, 0.717) is 0 Å². The third-order valence-electron chi connectivity index (χ3n) is 2.94. The van der Waals surface area contributed by atoms with Crippen molar-refractivity contribution in [3.05, 3.63) is 46.2 Å². The Labute approximate surface area is 120 Å². The summed E-state index contributed by atoms with van der Waals surface area (Å²) in [5, 5.41) is 15.7. The number of nitrogens with zero attached hydrogens (tertiary/aromatic N) is 5. The van der Waals surface area contributed by atoms with Crippen molar-refractivity contribution in [2.24, 2.45) is 0 Å². The summed E-state index contributed by atoms with van der Waals surface area (Å²) in [4.78, 5) is 5.46. The second-order valence-electron chi connectivity index (χ2n) is 4.45. The number of thiazole rings is 1. The maximum atomic E-state index is 4.25. The number of tetrazole rings is 1. The highest BCUT2D eigenvalue weighted by atomic mass is 32.1. The first-order valence-corrected chi connectivity index (χ1v) is 7.03. The van der Waals surface area contributed by atoms with Crippen molar-refractivity contribution in [3.8, 4) is 5.69 Å². The fraction of sp³-hybridized carbons (Fsp3) is 0.231. The van der Waals surface area contributed by atoms with Gasteiger partial charge in [0.2, 0.25) is 0 Å². The fourth-order valence-electron chi connectivity index (χ4n) is 1.91. The van der Waals surface area contributed by atoms with E-state index in [9.17, 15) is 0 Å². The molecule has 0 unspecified atom stereocenters. The van der Waals surface area contributed by atoms with E-state index in [4.69, 9.17) is 0 Å². The van der Waals surface area contributed by atoms with Gasteiger partial charge in [0.25, 0.3) is 0 Å². The molecule has 0 radical (unpaired) electrons. The van der Waals surface area contributed by atoms with Gasteiger partial charge in [-0.2, -0.15) is 0 Å². The molecule has 0 amide bonds. The normalized spacial score (nSPS) is 10.7. The molecule has 0 aliphatic heterocycles. The third kappa shape index (κ3) is 2.67. The number of benzene rings is 1. The minimum Gasteiger partial charge on any atom is -0.380 e. The Kier molecular flexibility index (Phi) is 3.42. The number of hydrogen-bond acceptors (Lipinski definition) is 6. The summed E-state index contributed by atoms with van der Waals surface area (Å²) in [5.74, 6) is 0. The summed E-state index contributed by atoms with van der Waals surface area (Å²) in [6.45, 7) is 4.81. The summed E-state index contributed by atoms with van der Waals surface area (Å²) in [7, 11) is 0. The molecule has 1 N–H and O–H groups in total. The van der Waals surface area contributed by atoms with Gasteiger partial charge in [0.1, 0.15) is 6.33 Å². The van der Waals surface area contributed by atoms with E-state index in [-0.39, 0.29) is 0 Å². The Balaban J connectivity index is 1.79. The zero-order valence-electron chi connectivity index (χ0n) is 11.2. The number of aromatic nitrogens is 5. The molecule has 102 valence electrons. The van der Waals surface area contributed by atoms with Gasteiger partial charge in [0.05, 0.1) is 17.2 Å². The molecule has 0 aliphatic carbocycles. The number of rotatable bonds is 4. The minimum absolute atomic E-state index is 0.767. The van der Waals surface area contributed by atoms with Crippen LogP contribution in [0.5, 0.6) is 0 Å². The summed E-state index contributed by atoms with van der Waals surface area (Å²) in [6, 6.07) is 6.15. The maximum Gasteiger partial charge on any atom is 0.143 e. The lowest BCUT2D eigenvalue weighted by Crippen LogP contribution is -2.02. The van der Waals surface area contributed by atoms with Crippen molar-refractivity contribution in [1.29, 1.82) is 0 Å². The van der Waals surface area contributed by atoms with Crippen LogP contribution in [-0.4, -0.2) is 25.2 Å². The lowest BCUT2D eigenvalue weighted by Gasteiger charge is -2.09. The number of aryl methyl sites for hydroxylation is 2. The lowest BCUT2D eigenvalue weighted by molar-refractivity contribution is 0.785. The molecule has 20 heavy (non-hydrogen) atoms. The van der Waals surface area contributed by atoms with Gasteiger partial charge in [0, 0.05) is 16.8 Å². The molecule has 1 aromatic carbocycles. The first-order valence-electron chi connectivity index (χ1n) is 6.21. The summed E-state index contributed by atoms with van der Waals surface area (Å²) < 4.78 is 1.66. The Morgan fingerprint density at radius 3 is 2.90 bits per heavy atom. The highest BCUT2D eigenvalue weighted by Gasteiger charge is 2.05. The Hall–Kier alpha value is -2.28. The van der Waals surface area contributed by atoms with E-state index in [1.807, 2.05) is 26.1 Å². The van der Waals surface area contributed by atoms with Crippen molar-refractivity contribution >= 4 is 17.0 Å². The SMILES string of the molecule is Cc1ncc(CNc2ccc(C)c(-n3cnnn3)c2)s1. The smallest absolute Gasteiger partial charge is 0.143 e. The van der Waals surface area contributed by atoms with Crippen LogP contribution in [0.15, 0.2) is 30.7 Å². The minimum atomic E-state index is 0.767. The zero-order valence-corrected chi connectivity index (χ0v) is 12.1. The van der Waals surface area contributed by atoms with Gasteiger partial charge >= 0.3 is 0 Å². The molecule has 3 aromatic rings. The van der Waals surface area contributed by atoms with Gasteiger partial charge in [-0.15, -0.1) is 16.4 Å². The van der Waals surface area contributed by atoms with E-state index in [2.05, 4.69) is 38.0 Å². The third-order valence-corrected chi connectivity index (χ3v) is 3.85. The molecule has 7 heteroatoms. The van der Waals surface area contributed by atoms with Gasteiger partial charge in [-0.25, -0.2) is 9.67 Å². The Morgan fingerprint density at radius 2 is 2.20 bits per heavy atom. The monoisotopic (exact) mass is 286 g/mol. The number of nitrogens with one attached hydrogen (secondary N) is 1. The topological polar surface area (TPSA) is 68.5 Å². The zero-order chi connectivity index (χ0) is 13.9. The molecule has 0 saturated heterocycles. The molecule has 0 atom stereocenters. The number of anilines is 1. The highest BCUT2D eigenvalue weighted by Crippen LogP contribution is 2.20. The van der Waals surface area contributed by atoms with Crippen LogP contribution >= 0.6 is 11.3 Å². The summed E-state index contributed by atoms with van der Waals surface area (Å²) >= 11 is 1.70. The van der Waals surface area contributed by atoms with Gasteiger partial charge in [0.15, 0.2) is 0 Å². The van der Waals surface area contributed by atoms with Crippen LogP contribution in [0.3, 0.4) is 0 Å². The van der Waals surface area contributed by atoms with Gasteiger partial charge in [-0.3, -0.25) is 0 Å². The van der Waals surface area contributed by atoms with Crippen LogP contribution in [-0.2, 0) is 6.54 Å². The van der Waals surface area contributed by atoms with E-state index < -0.39 is 0 Å². The Bertz CT molecular complexity index is 703. The molecule has 0 spiro atoms. The molecular weight excluding hydrogens is 272 g/mol. The second kappa shape index (κ2) is 5.38. The second-order valence-corrected chi connectivity index (χ2v) is 5.77. The fourth-order valence-corrected chi connectivity index (χ4v) is 2.65. The highest BCUT2D eigenvalue weighted by molar-refractivity contribution is 7.11. The largest absolute Gasteiger partial charge is 0.380 e. The van der Waals surface area contributed by atoms with Crippen LogP contribution < -0.4 is 5.32 Å². The predicted octanol–water partition coefficient (Wildman–Crippen LogP) is 2.35. The van der Waals surface area contributed by atoms with Crippen molar-refractivity contribution in [1.82, 2.24) is 25.2 Å². The standard InChI is InChI=1S/C13H14N6S/c1-9-3-4-11(5-13(9)19-8-16-17-18-19)15-7-12-6-14-10(2)20-12/h3-6,8,15H,7H2,1-2H3. The van der Waals surface area contributed by atoms with Crippen molar-refractivity contribution in [2.45, 2.75) is 20.4 Å². The molecule has 2 heterocycles. The van der Waals surface area contributed by atoms with Crippen LogP contribution in [0, 0.1) is 13.8 Å². The average Bonchev–Trinajstić information content (AvgIpc) is 3.09. The van der Waals surface area contributed by atoms with Crippen molar-refractivity contribution in [3.63, 3.8) is 0 Å². The predicted molar refractivity (Wildman–Crippen MR) is 78.1 cm³/mol. The molecule has 6 nitrogen and oxygen atoms in total. The summed E-state index contributed by atoms with van der Waals surface area (Å²) in [5.41, 5.74) is 3.13. The van der Waals surface area contributed by atoms with E-state index in [0.717, 1.165) is 28.5 Å². The van der Waals surface area contributed by atoms with Crippen molar-refractivity contribution in [2.75, 3.05) is 5.32 Å². The Morgan fingerprint density at radius 1 is 1.30 bits per heavy atom. The molecular formula is C13H14N6S. The first-order chi connectivity index (χ1) is 9.72. The average molecular weight is 286 g/mol. The summed E-state index contributed by atoms with van der Waals surface area (Å²) in [6.07, 6.45) is 3.50. The van der Waals surface area contributed by atoms with Crippen LogP contribution in [0.4, 0.5) is 5.69 Å². The molecule has 0 bridgehead atoms. The molecule has 0 aliphatic rings. The van der Waals surface area contributed by atoms with Crippen molar-refractivity contribution < 1.29 is 0 Å². The van der Waals surface area contributed by atoms with E-state index >= 15 is 0 Å². The van der Waals surface area contributed by atoms with E-state index in [1.54, 1.807) is 22.3 Å². The van der Waals surface area contributed by atoms with Crippen LogP contribution in [0.1, 0.15) is 15.4 Å². The maximum absolute atomic E-state index is 4.25. The first kappa shape index (κ1) is 12.7. The van der Waals surface area contributed by atoms with Crippen LogP contribution in [0.25, 0.3) is 5.69 Å². The lowest BCUT2D eigenvalue weighted by atomic mass is 10.2. The van der Waals surface area contributed by atoms with E-state index in [1.165, 1.54) is 4.88 Å².